The van der Waals surface area contributed by atoms with Crippen molar-refractivity contribution in [1.29, 1.82) is 0 Å². The summed E-state index contributed by atoms with van der Waals surface area (Å²) in [4.78, 5) is 11.8. The Morgan fingerprint density at radius 1 is 1.35 bits per heavy atom. The molecule has 0 aliphatic heterocycles. The lowest BCUT2D eigenvalue weighted by atomic mass is 10.3. The molecule has 5 nitrogen and oxygen atoms in total. The van der Waals surface area contributed by atoms with Gasteiger partial charge in [0.1, 0.15) is 31.3 Å². The SMILES string of the molecule is C=C(C)C(=O)OC(COc1ccccc1)Cn1cc[n+](C)c1.[I-]. The normalized spacial score (nSPS) is 11.2. The maximum absolute atomic E-state index is 11.8. The summed E-state index contributed by atoms with van der Waals surface area (Å²) < 4.78 is 15.0. The van der Waals surface area contributed by atoms with Crippen molar-refractivity contribution in [2.75, 3.05) is 6.61 Å². The highest BCUT2D eigenvalue weighted by molar-refractivity contribution is 5.87. The van der Waals surface area contributed by atoms with Crippen LogP contribution in [0.3, 0.4) is 0 Å². The van der Waals surface area contributed by atoms with Crippen molar-refractivity contribution in [2.45, 2.75) is 19.6 Å². The molecule has 23 heavy (non-hydrogen) atoms. The first kappa shape index (κ1) is 19.2. The van der Waals surface area contributed by atoms with Gasteiger partial charge in [-0.2, -0.15) is 0 Å². The molecule has 2 aromatic rings. The molecule has 0 aliphatic carbocycles. The van der Waals surface area contributed by atoms with Gasteiger partial charge in [0, 0.05) is 5.57 Å². The average molecular weight is 428 g/mol. The summed E-state index contributed by atoms with van der Waals surface area (Å²) in [7, 11) is 1.94. The molecule has 0 amide bonds. The van der Waals surface area contributed by atoms with Crippen LogP contribution in [0.1, 0.15) is 6.92 Å². The van der Waals surface area contributed by atoms with Gasteiger partial charge < -0.3 is 33.5 Å². The van der Waals surface area contributed by atoms with Crippen LogP contribution in [0.2, 0.25) is 0 Å². The molecule has 0 bridgehead atoms. The fourth-order valence-electron chi connectivity index (χ4n) is 1.93. The van der Waals surface area contributed by atoms with E-state index in [1.54, 1.807) is 6.92 Å². The van der Waals surface area contributed by atoms with E-state index in [2.05, 4.69) is 6.58 Å². The maximum Gasteiger partial charge on any atom is 0.333 e. The minimum Gasteiger partial charge on any atom is -1.00 e. The number of rotatable bonds is 7. The first-order valence-electron chi connectivity index (χ1n) is 7.10. The molecule has 0 spiro atoms. The third-order valence-electron chi connectivity index (χ3n) is 3.04. The van der Waals surface area contributed by atoms with Crippen LogP contribution in [0, 0.1) is 0 Å². The molecular weight excluding hydrogens is 407 g/mol. The second-order valence-corrected chi connectivity index (χ2v) is 5.21. The zero-order valence-corrected chi connectivity index (χ0v) is 15.5. The highest BCUT2D eigenvalue weighted by Crippen LogP contribution is 2.11. The van der Waals surface area contributed by atoms with Crippen molar-refractivity contribution >= 4 is 5.97 Å². The predicted octanol–water partition coefficient (Wildman–Crippen LogP) is -1.12. The summed E-state index contributed by atoms with van der Waals surface area (Å²) in [6.45, 7) is 6.05. The number of imidazole rings is 1. The summed E-state index contributed by atoms with van der Waals surface area (Å²) in [5, 5.41) is 0. The van der Waals surface area contributed by atoms with E-state index in [0.717, 1.165) is 5.75 Å². The number of aryl methyl sites for hydroxylation is 1. The zero-order valence-electron chi connectivity index (χ0n) is 13.3. The van der Waals surface area contributed by atoms with Gasteiger partial charge in [-0.3, -0.25) is 0 Å². The van der Waals surface area contributed by atoms with Gasteiger partial charge in [-0.25, -0.2) is 13.9 Å². The van der Waals surface area contributed by atoms with Gasteiger partial charge in [0.2, 0.25) is 6.33 Å². The van der Waals surface area contributed by atoms with Crippen molar-refractivity contribution in [3.8, 4) is 5.75 Å². The smallest absolute Gasteiger partial charge is 0.333 e. The fourth-order valence-corrected chi connectivity index (χ4v) is 1.93. The van der Waals surface area contributed by atoms with Gasteiger partial charge in [0.15, 0.2) is 6.10 Å². The molecule has 124 valence electrons. The lowest BCUT2D eigenvalue weighted by molar-refractivity contribution is -0.671. The van der Waals surface area contributed by atoms with Crippen molar-refractivity contribution in [2.24, 2.45) is 7.05 Å². The molecule has 6 heteroatoms. The van der Waals surface area contributed by atoms with Gasteiger partial charge in [-0.05, 0) is 19.1 Å². The first-order valence-corrected chi connectivity index (χ1v) is 7.10. The van der Waals surface area contributed by atoms with Crippen molar-refractivity contribution in [1.82, 2.24) is 4.57 Å². The largest absolute Gasteiger partial charge is 1.00 e. The Hall–Kier alpha value is -1.83. The average Bonchev–Trinajstić information content (AvgIpc) is 2.91. The van der Waals surface area contributed by atoms with Crippen LogP contribution in [0.15, 0.2) is 61.2 Å². The number of hydrogen-bond donors (Lipinski definition) is 0. The molecule has 1 heterocycles. The van der Waals surface area contributed by atoms with E-state index in [4.69, 9.17) is 9.47 Å². The topological polar surface area (TPSA) is 44.3 Å². The summed E-state index contributed by atoms with van der Waals surface area (Å²) in [6, 6.07) is 9.46. The highest BCUT2D eigenvalue weighted by Gasteiger charge is 2.19. The van der Waals surface area contributed by atoms with Gasteiger partial charge in [-0.1, -0.05) is 24.8 Å². The van der Waals surface area contributed by atoms with E-state index in [0.29, 0.717) is 12.1 Å². The molecular formula is C17H21IN2O3. The van der Waals surface area contributed by atoms with Crippen LogP contribution in [-0.4, -0.2) is 23.2 Å². The molecule has 0 saturated carbocycles. The minimum atomic E-state index is -0.404. The van der Waals surface area contributed by atoms with E-state index in [1.807, 2.05) is 65.2 Å². The fraction of sp³-hybridized carbons (Fsp3) is 0.294. The van der Waals surface area contributed by atoms with E-state index in [1.165, 1.54) is 0 Å². The quantitative estimate of drug-likeness (QED) is 0.243. The number of hydrogen-bond acceptors (Lipinski definition) is 3. The standard InChI is InChI=1S/C17H21N2O3.HI/c1-14(2)17(20)22-16(11-19-10-9-18(3)13-19)12-21-15-7-5-4-6-8-15;/h4-10,13,16H,1,11-12H2,2-3H3;1H/q+1;/p-1. The summed E-state index contributed by atoms with van der Waals surface area (Å²) in [5.74, 6) is 0.343. The van der Waals surface area contributed by atoms with Gasteiger partial charge in [-0.15, -0.1) is 0 Å². The van der Waals surface area contributed by atoms with Crippen LogP contribution in [0.25, 0.3) is 0 Å². The lowest BCUT2D eigenvalue weighted by Gasteiger charge is -2.17. The summed E-state index contributed by atoms with van der Waals surface area (Å²) in [6.07, 6.45) is 5.38. The molecule has 1 unspecified atom stereocenters. The number of esters is 1. The van der Waals surface area contributed by atoms with Crippen molar-refractivity contribution in [3.63, 3.8) is 0 Å². The monoisotopic (exact) mass is 428 g/mol. The molecule has 0 radical (unpaired) electrons. The summed E-state index contributed by atoms with van der Waals surface area (Å²) >= 11 is 0. The Balaban J connectivity index is 0.00000264. The van der Waals surface area contributed by atoms with E-state index in [-0.39, 0.29) is 30.6 Å². The number of halogens is 1. The molecule has 1 atom stereocenters. The predicted molar refractivity (Wildman–Crippen MR) is 82.2 cm³/mol. The molecule has 0 aliphatic rings. The van der Waals surface area contributed by atoms with Crippen LogP contribution in [-0.2, 0) is 23.1 Å². The van der Waals surface area contributed by atoms with Gasteiger partial charge >= 0.3 is 5.97 Å². The van der Waals surface area contributed by atoms with Crippen molar-refractivity contribution in [3.05, 3.63) is 61.2 Å². The van der Waals surface area contributed by atoms with Crippen LogP contribution >= 0.6 is 0 Å². The number of para-hydroxylation sites is 1. The number of carbonyl (C=O) groups is 1. The highest BCUT2D eigenvalue weighted by atomic mass is 127. The maximum atomic E-state index is 11.8. The molecule has 2 rings (SSSR count). The number of ether oxygens (including phenoxy) is 2. The minimum absolute atomic E-state index is 0. The Kier molecular flexibility index (Phi) is 7.80. The van der Waals surface area contributed by atoms with Crippen LogP contribution in [0.5, 0.6) is 5.75 Å². The first-order chi connectivity index (χ1) is 10.5. The van der Waals surface area contributed by atoms with E-state index in [9.17, 15) is 4.79 Å². The molecule has 1 aromatic carbocycles. The Bertz CT molecular complexity index is 640. The van der Waals surface area contributed by atoms with E-state index < -0.39 is 12.1 Å². The Labute approximate surface area is 153 Å². The third-order valence-corrected chi connectivity index (χ3v) is 3.04. The number of aromatic nitrogens is 2. The third kappa shape index (κ3) is 6.43. The van der Waals surface area contributed by atoms with Crippen molar-refractivity contribution < 1.29 is 42.8 Å². The van der Waals surface area contributed by atoms with Gasteiger partial charge in [0.25, 0.3) is 0 Å². The number of carbonyl (C=O) groups excluding carboxylic acids is 1. The molecule has 1 aromatic heterocycles. The van der Waals surface area contributed by atoms with Crippen LogP contribution < -0.4 is 33.3 Å². The Morgan fingerprint density at radius 2 is 2.04 bits per heavy atom. The summed E-state index contributed by atoms with van der Waals surface area (Å²) in [5.41, 5.74) is 0.378. The zero-order chi connectivity index (χ0) is 15.9. The second-order valence-electron chi connectivity index (χ2n) is 5.21. The van der Waals surface area contributed by atoms with Gasteiger partial charge in [0.05, 0.1) is 7.05 Å². The van der Waals surface area contributed by atoms with E-state index >= 15 is 0 Å². The number of benzene rings is 1. The van der Waals surface area contributed by atoms with Crippen LogP contribution in [0.4, 0.5) is 0 Å². The second kappa shape index (κ2) is 9.34. The molecule has 0 N–H and O–H groups in total. The molecule has 0 fully saturated rings. The number of nitrogens with zero attached hydrogens (tertiary/aromatic N) is 2. The molecule has 0 saturated heterocycles. The Morgan fingerprint density at radius 3 is 2.61 bits per heavy atom. The lowest BCUT2D eigenvalue weighted by Crippen LogP contribution is -3.00.